The van der Waals surface area contributed by atoms with Crippen molar-refractivity contribution in [2.45, 2.75) is 5.41 Å². The molecule has 0 saturated carbocycles. The Morgan fingerprint density at radius 2 is 1.20 bits per heavy atom. The molecule has 164 valence electrons. The molecule has 0 fully saturated rings. The SMILES string of the molecule is N#Cc1ccc(-c2cc3c(cc2Cl)C2(c4ccccc4Oc4ccccc42)c2ccccc2-3)cc1. The Hall–Kier alpha value is -4.32. The normalized spacial score (nSPS) is 13.7. The van der Waals surface area contributed by atoms with Gasteiger partial charge in [0.1, 0.15) is 11.5 Å². The molecule has 2 aliphatic rings. The maximum absolute atomic E-state index is 9.20. The third-order valence-electron chi connectivity index (χ3n) is 7.26. The second-order valence-electron chi connectivity index (χ2n) is 8.96. The van der Waals surface area contributed by atoms with Crippen molar-refractivity contribution in [3.8, 4) is 39.8 Å². The summed E-state index contributed by atoms with van der Waals surface area (Å²) < 4.78 is 6.38. The highest BCUT2D eigenvalue weighted by molar-refractivity contribution is 6.33. The van der Waals surface area contributed by atoms with E-state index >= 15 is 0 Å². The van der Waals surface area contributed by atoms with Crippen LogP contribution in [0.5, 0.6) is 11.5 Å². The smallest absolute Gasteiger partial charge is 0.132 e. The van der Waals surface area contributed by atoms with Crippen molar-refractivity contribution >= 4 is 11.6 Å². The van der Waals surface area contributed by atoms with Crippen molar-refractivity contribution < 1.29 is 4.74 Å². The van der Waals surface area contributed by atoms with Gasteiger partial charge < -0.3 is 4.74 Å². The number of rotatable bonds is 1. The molecule has 0 N–H and O–H groups in total. The van der Waals surface area contributed by atoms with Crippen LogP contribution in [0, 0.1) is 11.3 Å². The van der Waals surface area contributed by atoms with Crippen LogP contribution in [0.25, 0.3) is 22.3 Å². The van der Waals surface area contributed by atoms with Crippen LogP contribution in [0.1, 0.15) is 27.8 Å². The van der Waals surface area contributed by atoms with Crippen molar-refractivity contribution in [1.82, 2.24) is 0 Å². The number of halogens is 1. The summed E-state index contributed by atoms with van der Waals surface area (Å²) in [5.74, 6) is 1.72. The Balaban J connectivity index is 1.59. The molecule has 1 aliphatic carbocycles. The van der Waals surface area contributed by atoms with Crippen LogP contribution < -0.4 is 4.74 Å². The highest BCUT2D eigenvalue weighted by Crippen LogP contribution is 2.62. The van der Waals surface area contributed by atoms with E-state index in [0.29, 0.717) is 10.6 Å². The summed E-state index contributed by atoms with van der Waals surface area (Å²) in [5.41, 5.74) is 9.03. The Morgan fingerprint density at radius 3 is 1.86 bits per heavy atom. The molecule has 3 heteroatoms. The first-order valence-electron chi connectivity index (χ1n) is 11.5. The third kappa shape index (κ3) is 2.65. The summed E-state index contributed by atoms with van der Waals surface area (Å²) in [6, 6.07) is 39.3. The Kier molecular flexibility index (Phi) is 4.21. The predicted octanol–water partition coefficient (Wildman–Crippen LogP) is 8.35. The van der Waals surface area contributed by atoms with Gasteiger partial charge in [-0.3, -0.25) is 0 Å². The molecule has 0 radical (unpaired) electrons. The van der Waals surface area contributed by atoms with Gasteiger partial charge in [-0.1, -0.05) is 84.4 Å². The maximum Gasteiger partial charge on any atom is 0.132 e. The fourth-order valence-electron chi connectivity index (χ4n) is 5.82. The van der Waals surface area contributed by atoms with Crippen LogP contribution in [-0.4, -0.2) is 0 Å². The average molecular weight is 468 g/mol. The summed E-state index contributed by atoms with van der Waals surface area (Å²) in [5, 5.41) is 9.89. The molecule has 0 saturated heterocycles. The molecule has 1 spiro atoms. The van der Waals surface area contributed by atoms with Crippen LogP contribution >= 0.6 is 11.6 Å². The fourth-order valence-corrected chi connectivity index (χ4v) is 6.09. The molecule has 1 aliphatic heterocycles. The van der Waals surface area contributed by atoms with Gasteiger partial charge in [-0.05, 0) is 64.2 Å². The van der Waals surface area contributed by atoms with Crippen molar-refractivity contribution in [1.29, 1.82) is 5.26 Å². The van der Waals surface area contributed by atoms with E-state index in [1.807, 2.05) is 48.5 Å². The average Bonchev–Trinajstić information content (AvgIpc) is 3.18. The van der Waals surface area contributed by atoms with Gasteiger partial charge in [0.2, 0.25) is 0 Å². The number of fused-ring (bicyclic) bond motifs is 9. The highest BCUT2D eigenvalue weighted by Gasteiger charge is 2.51. The lowest BCUT2D eigenvalue weighted by Crippen LogP contribution is -2.32. The monoisotopic (exact) mass is 467 g/mol. The minimum absolute atomic E-state index is 0.524. The predicted molar refractivity (Wildman–Crippen MR) is 139 cm³/mol. The van der Waals surface area contributed by atoms with Crippen LogP contribution in [0.2, 0.25) is 5.02 Å². The first kappa shape index (κ1) is 20.1. The van der Waals surface area contributed by atoms with E-state index < -0.39 is 5.41 Å². The highest BCUT2D eigenvalue weighted by atomic mass is 35.5. The second kappa shape index (κ2) is 7.34. The Labute approximate surface area is 208 Å². The van der Waals surface area contributed by atoms with Crippen LogP contribution in [0.15, 0.2) is 109 Å². The van der Waals surface area contributed by atoms with Crippen molar-refractivity contribution in [2.24, 2.45) is 0 Å². The summed E-state index contributed by atoms with van der Waals surface area (Å²) in [6.07, 6.45) is 0. The molecule has 0 amide bonds. The van der Waals surface area contributed by atoms with Gasteiger partial charge in [0.05, 0.1) is 17.0 Å². The molecule has 1 heterocycles. The quantitative estimate of drug-likeness (QED) is 0.243. The van der Waals surface area contributed by atoms with Gasteiger partial charge >= 0.3 is 0 Å². The van der Waals surface area contributed by atoms with E-state index in [0.717, 1.165) is 44.9 Å². The largest absolute Gasteiger partial charge is 0.457 e. The zero-order chi connectivity index (χ0) is 23.6. The van der Waals surface area contributed by atoms with Crippen molar-refractivity contribution in [2.75, 3.05) is 0 Å². The molecule has 0 unspecified atom stereocenters. The number of nitriles is 1. The third-order valence-corrected chi connectivity index (χ3v) is 7.57. The van der Waals surface area contributed by atoms with Crippen LogP contribution in [0.3, 0.4) is 0 Å². The van der Waals surface area contributed by atoms with Gasteiger partial charge in [-0.25, -0.2) is 0 Å². The van der Waals surface area contributed by atoms with Crippen molar-refractivity contribution in [3.63, 3.8) is 0 Å². The minimum atomic E-state index is -0.524. The zero-order valence-corrected chi connectivity index (χ0v) is 19.4. The van der Waals surface area contributed by atoms with E-state index in [2.05, 4.69) is 66.7 Å². The van der Waals surface area contributed by atoms with Gasteiger partial charge in [0, 0.05) is 21.7 Å². The number of hydrogen-bond donors (Lipinski definition) is 0. The zero-order valence-electron chi connectivity index (χ0n) is 18.6. The molecule has 7 rings (SSSR count). The first-order chi connectivity index (χ1) is 17.2. The molecule has 0 atom stereocenters. The summed E-state index contributed by atoms with van der Waals surface area (Å²) in [4.78, 5) is 0. The van der Waals surface area contributed by atoms with E-state index in [4.69, 9.17) is 16.3 Å². The molecular weight excluding hydrogens is 450 g/mol. The summed E-state index contributed by atoms with van der Waals surface area (Å²) >= 11 is 7.02. The first-order valence-corrected chi connectivity index (χ1v) is 11.9. The number of ether oxygens (including phenoxy) is 1. The number of para-hydroxylation sites is 2. The number of hydrogen-bond acceptors (Lipinski definition) is 2. The standard InChI is InChI=1S/C32H18ClNO/c33-29-18-28-24(17-23(29)21-15-13-20(19-34)14-16-21)22-7-1-2-8-25(22)32(28)26-9-3-5-11-30(26)35-31-12-6-4-10-27(31)32/h1-18H. The Morgan fingerprint density at radius 1 is 0.600 bits per heavy atom. The van der Waals surface area contributed by atoms with E-state index in [1.165, 1.54) is 11.1 Å². The van der Waals surface area contributed by atoms with E-state index in [1.54, 1.807) is 0 Å². The summed E-state index contributed by atoms with van der Waals surface area (Å²) in [6.45, 7) is 0. The van der Waals surface area contributed by atoms with Gasteiger partial charge in [-0.2, -0.15) is 5.26 Å². The minimum Gasteiger partial charge on any atom is -0.457 e. The van der Waals surface area contributed by atoms with Crippen molar-refractivity contribution in [3.05, 3.63) is 142 Å². The lowest BCUT2D eigenvalue weighted by atomic mass is 9.66. The molecule has 5 aromatic carbocycles. The van der Waals surface area contributed by atoms with Crippen LogP contribution in [0.4, 0.5) is 0 Å². The molecule has 0 aromatic heterocycles. The lowest BCUT2D eigenvalue weighted by Gasteiger charge is -2.39. The van der Waals surface area contributed by atoms with E-state index in [-0.39, 0.29) is 0 Å². The Bertz CT molecular complexity index is 1650. The van der Waals surface area contributed by atoms with E-state index in [9.17, 15) is 5.26 Å². The van der Waals surface area contributed by atoms with Crippen LogP contribution in [-0.2, 0) is 5.41 Å². The number of nitrogens with zero attached hydrogens (tertiary/aromatic N) is 1. The molecule has 5 aromatic rings. The maximum atomic E-state index is 9.20. The van der Waals surface area contributed by atoms with Gasteiger partial charge in [-0.15, -0.1) is 0 Å². The molecule has 2 nitrogen and oxygen atoms in total. The lowest BCUT2D eigenvalue weighted by molar-refractivity contribution is 0.436. The molecular formula is C32H18ClNO. The molecule has 0 bridgehead atoms. The summed E-state index contributed by atoms with van der Waals surface area (Å²) in [7, 11) is 0. The fraction of sp³-hybridized carbons (Fsp3) is 0.0312. The van der Waals surface area contributed by atoms with Gasteiger partial charge in [0.25, 0.3) is 0 Å². The topological polar surface area (TPSA) is 33.0 Å². The number of benzene rings is 5. The molecule has 35 heavy (non-hydrogen) atoms. The van der Waals surface area contributed by atoms with Gasteiger partial charge in [0.15, 0.2) is 0 Å². The second-order valence-corrected chi connectivity index (χ2v) is 9.36.